The first-order valence-corrected chi connectivity index (χ1v) is 7.14. The summed E-state index contributed by atoms with van der Waals surface area (Å²) in [5.74, 6) is 0.244. The topological polar surface area (TPSA) is 53.6 Å². The summed E-state index contributed by atoms with van der Waals surface area (Å²) in [4.78, 5) is 4.08. The second-order valence-corrected chi connectivity index (χ2v) is 5.36. The zero-order chi connectivity index (χ0) is 15.5. The van der Waals surface area contributed by atoms with Crippen molar-refractivity contribution in [3.8, 4) is 0 Å². The highest BCUT2D eigenvalue weighted by Crippen LogP contribution is 2.30. The van der Waals surface area contributed by atoms with Crippen LogP contribution in [-0.4, -0.2) is 15.2 Å². The molecule has 0 saturated heterocycles. The normalized spacial score (nSPS) is 12.1. The van der Waals surface area contributed by atoms with Crippen LogP contribution in [0.2, 0.25) is 5.02 Å². The number of anilines is 1. The molecule has 0 fully saturated rings. The van der Waals surface area contributed by atoms with E-state index in [0.29, 0.717) is 16.4 Å². The summed E-state index contributed by atoms with van der Waals surface area (Å²) >= 11 is 6.31. The van der Waals surface area contributed by atoms with Crippen molar-refractivity contribution in [1.82, 2.24) is 15.2 Å². The Labute approximate surface area is 132 Å². The lowest BCUT2D eigenvalue weighted by atomic mass is 10.0. The maximum atomic E-state index is 13.4. The Morgan fingerprint density at radius 1 is 1.27 bits per heavy atom. The van der Waals surface area contributed by atoms with Crippen LogP contribution in [0.4, 0.5) is 10.2 Å². The summed E-state index contributed by atoms with van der Waals surface area (Å²) in [6.45, 7) is 1.70. The molecule has 0 aliphatic rings. The SMILES string of the molecule is Cc1cc(NC(c2cn[nH]c2)c2ccccc2Cl)ncc1F. The van der Waals surface area contributed by atoms with Crippen LogP contribution in [0, 0.1) is 12.7 Å². The third-order valence-corrected chi connectivity index (χ3v) is 3.75. The molecule has 2 heterocycles. The quantitative estimate of drug-likeness (QED) is 0.761. The molecule has 0 spiro atoms. The van der Waals surface area contributed by atoms with E-state index in [0.717, 1.165) is 11.1 Å². The smallest absolute Gasteiger partial charge is 0.144 e. The lowest BCUT2D eigenvalue weighted by molar-refractivity contribution is 0.612. The second kappa shape index (κ2) is 6.15. The molecule has 2 aromatic heterocycles. The predicted octanol–water partition coefficient (Wildman–Crippen LogP) is 4.11. The first-order chi connectivity index (χ1) is 10.6. The first kappa shape index (κ1) is 14.5. The molecule has 22 heavy (non-hydrogen) atoms. The van der Waals surface area contributed by atoms with Crippen LogP contribution < -0.4 is 5.32 Å². The Bertz CT molecular complexity index is 774. The Hall–Kier alpha value is -2.40. The Balaban J connectivity index is 1.99. The van der Waals surface area contributed by atoms with E-state index in [4.69, 9.17) is 11.6 Å². The van der Waals surface area contributed by atoms with Gasteiger partial charge < -0.3 is 5.32 Å². The number of aryl methyl sites for hydroxylation is 1. The van der Waals surface area contributed by atoms with Crippen molar-refractivity contribution >= 4 is 17.4 Å². The zero-order valence-electron chi connectivity index (χ0n) is 11.8. The number of hydrogen-bond acceptors (Lipinski definition) is 3. The van der Waals surface area contributed by atoms with Gasteiger partial charge in [-0.1, -0.05) is 29.8 Å². The Kier molecular flexibility index (Phi) is 4.06. The van der Waals surface area contributed by atoms with Gasteiger partial charge in [0.2, 0.25) is 0 Å². The van der Waals surface area contributed by atoms with Crippen LogP contribution in [0.1, 0.15) is 22.7 Å². The highest BCUT2D eigenvalue weighted by molar-refractivity contribution is 6.31. The number of H-pyrrole nitrogens is 1. The van der Waals surface area contributed by atoms with E-state index in [1.165, 1.54) is 6.20 Å². The van der Waals surface area contributed by atoms with E-state index in [1.807, 2.05) is 24.3 Å². The molecule has 1 aromatic carbocycles. The van der Waals surface area contributed by atoms with Crippen LogP contribution in [0.3, 0.4) is 0 Å². The van der Waals surface area contributed by atoms with Crippen LogP contribution in [0.25, 0.3) is 0 Å². The van der Waals surface area contributed by atoms with Gasteiger partial charge in [0.05, 0.1) is 18.4 Å². The van der Waals surface area contributed by atoms with E-state index >= 15 is 0 Å². The fourth-order valence-corrected chi connectivity index (χ4v) is 2.48. The lowest BCUT2D eigenvalue weighted by Crippen LogP contribution is -2.13. The molecule has 0 saturated carbocycles. The fraction of sp³-hybridized carbons (Fsp3) is 0.125. The number of halogens is 2. The number of rotatable bonds is 4. The van der Waals surface area contributed by atoms with Crippen molar-refractivity contribution in [3.05, 3.63) is 76.5 Å². The third-order valence-electron chi connectivity index (χ3n) is 3.41. The van der Waals surface area contributed by atoms with Crippen molar-refractivity contribution in [2.24, 2.45) is 0 Å². The highest BCUT2D eigenvalue weighted by Gasteiger charge is 2.18. The molecule has 0 aliphatic carbocycles. The maximum absolute atomic E-state index is 13.4. The molecule has 0 radical (unpaired) electrons. The number of nitrogens with zero attached hydrogens (tertiary/aromatic N) is 2. The molecular formula is C16H14ClFN4. The number of hydrogen-bond donors (Lipinski definition) is 2. The van der Waals surface area contributed by atoms with Crippen LogP contribution in [0.5, 0.6) is 0 Å². The molecule has 2 N–H and O–H groups in total. The molecule has 3 aromatic rings. The summed E-state index contributed by atoms with van der Waals surface area (Å²) in [5.41, 5.74) is 2.34. The van der Waals surface area contributed by atoms with Gasteiger partial charge in [0.15, 0.2) is 0 Å². The average molecular weight is 317 g/mol. The monoisotopic (exact) mass is 316 g/mol. The summed E-state index contributed by atoms with van der Waals surface area (Å²) in [6.07, 6.45) is 4.71. The van der Waals surface area contributed by atoms with E-state index in [2.05, 4.69) is 20.5 Å². The molecule has 1 unspecified atom stereocenters. The number of nitrogens with one attached hydrogen (secondary N) is 2. The van der Waals surface area contributed by atoms with Crippen LogP contribution in [-0.2, 0) is 0 Å². The predicted molar refractivity (Wildman–Crippen MR) is 84.4 cm³/mol. The fourth-order valence-electron chi connectivity index (χ4n) is 2.23. The van der Waals surface area contributed by atoms with Crippen molar-refractivity contribution in [2.45, 2.75) is 13.0 Å². The molecule has 0 aliphatic heterocycles. The molecule has 0 bridgehead atoms. The van der Waals surface area contributed by atoms with Gasteiger partial charge in [-0.25, -0.2) is 9.37 Å². The molecule has 0 amide bonds. The van der Waals surface area contributed by atoms with Gasteiger partial charge in [0.1, 0.15) is 11.6 Å². The van der Waals surface area contributed by atoms with Crippen molar-refractivity contribution in [3.63, 3.8) is 0 Å². The Morgan fingerprint density at radius 3 is 2.77 bits per heavy atom. The maximum Gasteiger partial charge on any atom is 0.144 e. The Morgan fingerprint density at radius 2 is 2.09 bits per heavy atom. The summed E-state index contributed by atoms with van der Waals surface area (Å²) < 4.78 is 13.4. The first-order valence-electron chi connectivity index (χ1n) is 6.77. The molecule has 1 atom stereocenters. The molecule has 6 heteroatoms. The molecular weight excluding hydrogens is 303 g/mol. The molecule has 4 nitrogen and oxygen atoms in total. The van der Waals surface area contributed by atoms with Crippen LogP contribution >= 0.6 is 11.6 Å². The summed E-state index contributed by atoms with van der Waals surface area (Å²) in [5, 5.41) is 10.7. The number of aromatic nitrogens is 3. The second-order valence-electron chi connectivity index (χ2n) is 4.95. The van der Waals surface area contributed by atoms with E-state index in [-0.39, 0.29) is 11.9 Å². The standard InChI is InChI=1S/C16H14ClFN4/c1-10-6-15(19-9-14(10)18)22-16(11-7-20-21-8-11)12-4-2-3-5-13(12)17/h2-9,16H,1H3,(H,19,22)(H,20,21). The van der Waals surface area contributed by atoms with Gasteiger partial charge in [0.25, 0.3) is 0 Å². The number of benzene rings is 1. The average Bonchev–Trinajstić information content (AvgIpc) is 3.03. The highest BCUT2D eigenvalue weighted by atomic mass is 35.5. The molecule has 112 valence electrons. The van der Waals surface area contributed by atoms with Crippen molar-refractivity contribution < 1.29 is 4.39 Å². The minimum atomic E-state index is -0.330. The zero-order valence-corrected chi connectivity index (χ0v) is 12.6. The summed E-state index contributed by atoms with van der Waals surface area (Å²) in [6, 6.07) is 8.99. The number of aromatic amines is 1. The van der Waals surface area contributed by atoms with E-state index in [1.54, 1.807) is 25.4 Å². The van der Waals surface area contributed by atoms with Crippen molar-refractivity contribution in [1.29, 1.82) is 0 Å². The van der Waals surface area contributed by atoms with Gasteiger partial charge in [-0.2, -0.15) is 5.10 Å². The minimum absolute atomic E-state index is 0.232. The van der Waals surface area contributed by atoms with Gasteiger partial charge >= 0.3 is 0 Å². The van der Waals surface area contributed by atoms with Gasteiger partial charge in [-0.05, 0) is 30.2 Å². The number of pyridine rings is 1. The van der Waals surface area contributed by atoms with Crippen LogP contribution in [0.15, 0.2) is 48.9 Å². The minimum Gasteiger partial charge on any atom is -0.359 e. The molecule has 3 rings (SSSR count). The summed E-state index contributed by atoms with van der Waals surface area (Å²) in [7, 11) is 0. The van der Waals surface area contributed by atoms with E-state index < -0.39 is 0 Å². The van der Waals surface area contributed by atoms with E-state index in [9.17, 15) is 4.39 Å². The largest absolute Gasteiger partial charge is 0.359 e. The lowest BCUT2D eigenvalue weighted by Gasteiger charge is -2.20. The van der Waals surface area contributed by atoms with Gasteiger partial charge in [-0.3, -0.25) is 5.10 Å². The van der Waals surface area contributed by atoms with Crippen molar-refractivity contribution in [2.75, 3.05) is 5.32 Å². The third kappa shape index (κ3) is 2.94. The van der Waals surface area contributed by atoms with Gasteiger partial charge in [0, 0.05) is 16.8 Å². The van der Waals surface area contributed by atoms with Gasteiger partial charge in [-0.15, -0.1) is 0 Å².